The molecule has 0 spiro atoms. The van der Waals surface area contributed by atoms with E-state index in [9.17, 15) is 4.79 Å². The second kappa shape index (κ2) is 4.37. The zero-order valence-corrected chi connectivity index (χ0v) is 6.71. The van der Waals surface area contributed by atoms with E-state index in [-0.39, 0.29) is 18.5 Å². The van der Waals surface area contributed by atoms with Gasteiger partial charge in [-0.15, -0.1) is 0 Å². The first-order valence-corrected chi connectivity index (χ1v) is 4.14. The molecule has 1 aliphatic rings. The molecule has 62 valence electrons. The highest BCUT2D eigenvalue weighted by molar-refractivity contribution is 5.73. The van der Waals surface area contributed by atoms with E-state index < -0.39 is 0 Å². The predicted octanol–water partition coefficient (Wildman–Crippen LogP) is 1.76. The topological polar surface area (TPSA) is 26.3 Å². The van der Waals surface area contributed by atoms with Crippen LogP contribution in [0, 0.1) is 19.3 Å². The lowest BCUT2D eigenvalue weighted by atomic mass is 9.89. The molecule has 0 bridgehead atoms. The summed E-state index contributed by atoms with van der Waals surface area (Å²) in [6, 6.07) is 0. The Morgan fingerprint density at radius 1 is 1.64 bits per heavy atom. The van der Waals surface area contributed by atoms with Crippen LogP contribution in [0.25, 0.3) is 0 Å². The molecule has 0 aromatic carbocycles. The average Bonchev–Trinajstić information content (AvgIpc) is 2.07. The van der Waals surface area contributed by atoms with E-state index in [1.165, 1.54) is 6.42 Å². The largest absolute Gasteiger partial charge is 0.465 e. The summed E-state index contributed by atoms with van der Waals surface area (Å²) in [4.78, 5) is 11.1. The second-order valence-corrected chi connectivity index (χ2v) is 2.79. The lowest BCUT2D eigenvalue weighted by Crippen LogP contribution is -2.20. The van der Waals surface area contributed by atoms with Crippen molar-refractivity contribution in [3.05, 3.63) is 13.3 Å². The van der Waals surface area contributed by atoms with Crippen LogP contribution in [0.15, 0.2) is 0 Å². The molecule has 0 N–H and O–H groups in total. The summed E-state index contributed by atoms with van der Waals surface area (Å²) in [6.45, 7) is 3.72. The van der Waals surface area contributed by atoms with E-state index in [0.717, 1.165) is 19.3 Å². The Morgan fingerprint density at radius 2 is 2.45 bits per heavy atom. The van der Waals surface area contributed by atoms with Crippen LogP contribution >= 0.6 is 0 Å². The Balaban J connectivity index is 2.27. The second-order valence-electron chi connectivity index (χ2n) is 2.79. The van der Waals surface area contributed by atoms with Gasteiger partial charge in [-0.1, -0.05) is 12.8 Å². The first-order chi connectivity index (χ1) is 5.34. The third-order valence-electron chi connectivity index (χ3n) is 1.97. The van der Waals surface area contributed by atoms with Gasteiger partial charge in [0, 0.05) is 0 Å². The van der Waals surface area contributed by atoms with Crippen molar-refractivity contribution in [1.29, 1.82) is 0 Å². The van der Waals surface area contributed by atoms with Crippen molar-refractivity contribution in [2.24, 2.45) is 5.92 Å². The lowest BCUT2D eigenvalue weighted by molar-refractivity contribution is -0.146. The monoisotopic (exact) mass is 154 g/mol. The molecule has 0 saturated heterocycles. The average molecular weight is 154 g/mol. The molecule has 0 aromatic rings. The van der Waals surface area contributed by atoms with Crippen molar-refractivity contribution in [3.8, 4) is 0 Å². The highest BCUT2D eigenvalue weighted by Crippen LogP contribution is 2.23. The Kier molecular flexibility index (Phi) is 3.40. The van der Waals surface area contributed by atoms with Gasteiger partial charge in [0.05, 0.1) is 12.5 Å². The third kappa shape index (κ3) is 2.52. The molecule has 11 heavy (non-hydrogen) atoms. The standard InChI is InChI=1S/C9H14O2/c1-2-11-9(10)8-6-4-3-5-7-8/h6,8H,1-5,7H2. The molecule has 1 unspecified atom stereocenters. The van der Waals surface area contributed by atoms with Gasteiger partial charge in [-0.3, -0.25) is 4.79 Å². The van der Waals surface area contributed by atoms with E-state index in [1.807, 2.05) is 0 Å². The maximum absolute atomic E-state index is 11.1. The fraction of sp³-hybridized carbons (Fsp3) is 0.667. The van der Waals surface area contributed by atoms with Gasteiger partial charge in [-0.25, -0.2) is 0 Å². The third-order valence-corrected chi connectivity index (χ3v) is 1.97. The number of hydrogen-bond acceptors (Lipinski definition) is 2. The molecule has 1 rings (SSSR count). The molecule has 2 radical (unpaired) electrons. The lowest BCUT2D eigenvalue weighted by Gasteiger charge is -2.18. The minimum Gasteiger partial charge on any atom is -0.465 e. The Hall–Kier alpha value is -0.530. The van der Waals surface area contributed by atoms with E-state index in [0.29, 0.717) is 0 Å². The summed E-state index contributed by atoms with van der Waals surface area (Å²) in [5.74, 6) is -0.0507. The minimum absolute atomic E-state index is 0.0468. The summed E-state index contributed by atoms with van der Waals surface area (Å²) in [6.07, 6.45) is 6.43. The van der Waals surface area contributed by atoms with Crippen molar-refractivity contribution >= 4 is 5.97 Å². The molecular weight excluding hydrogens is 140 g/mol. The maximum atomic E-state index is 11.1. The minimum atomic E-state index is -0.0975. The number of rotatable bonds is 2. The van der Waals surface area contributed by atoms with Gasteiger partial charge in [0.15, 0.2) is 0 Å². The molecule has 1 saturated carbocycles. The van der Waals surface area contributed by atoms with Crippen molar-refractivity contribution in [3.63, 3.8) is 0 Å². The molecule has 0 amide bonds. The van der Waals surface area contributed by atoms with Gasteiger partial charge in [-0.05, 0) is 26.2 Å². The quantitative estimate of drug-likeness (QED) is 0.566. The van der Waals surface area contributed by atoms with Gasteiger partial charge in [0.1, 0.15) is 0 Å². The van der Waals surface area contributed by atoms with Crippen molar-refractivity contribution in [2.45, 2.75) is 25.7 Å². The van der Waals surface area contributed by atoms with Crippen LogP contribution in [-0.2, 0) is 9.53 Å². The number of carbonyl (C=O) groups is 1. The molecule has 2 nitrogen and oxygen atoms in total. The zero-order chi connectivity index (χ0) is 8.10. The molecule has 0 aliphatic heterocycles. The predicted molar refractivity (Wildman–Crippen MR) is 42.6 cm³/mol. The zero-order valence-electron chi connectivity index (χ0n) is 6.71. The molecule has 1 aliphatic carbocycles. The Labute approximate surface area is 67.9 Å². The van der Waals surface area contributed by atoms with Crippen LogP contribution in [0.3, 0.4) is 0 Å². The molecule has 2 heteroatoms. The van der Waals surface area contributed by atoms with Gasteiger partial charge >= 0.3 is 5.97 Å². The van der Waals surface area contributed by atoms with Gasteiger partial charge in [0.25, 0.3) is 0 Å². The first-order valence-electron chi connectivity index (χ1n) is 4.14. The summed E-state index contributed by atoms with van der Waals surface area (Å²) >= 11 is 0. The van der Waals surface area contributed by atoms with E-state index in [4.69, 9.17) is 4.74 Å². The fourth-order valence-corrected chi connectivity index (χ4v) is 1.37. The Bertz CT molecular complexity index is 126. The number of hydrogen-bond donors (Lipinski definition) is 0. The van der Waals surface area contributed by atoms with Gasteiger partial charge in [0.2, 0.25) is 0 Å². The molecule has 0 heterocycles. The van der Waals surface area contributed by atoms with Crippen molar-refractivity contribution in [2.75, 3.05) is 6.61 Å². The fourth-order valence-electron chi connectivity index (χ4n) is 1.37. The normalized spacial score (nSPS) is 19.7. The SMILES string of the molecule is [CH2]COC(=O)C1[CH]CCCC1. The molecule has 1 fully saturated rings. The van der Waals surface area contributed by atoms with E-state index in [1.54, 1.807) is 0 Å². The summed E-state index contributed by atoms with van der Waals surface area (Å²) < 4.78 is 4.80. The highest BCUT2D eigenvalue weighted by Gasteiger charge is 2.21. The number of esters is 1. The van der Waals surface area contributed by atoms with E-state index >= 15 is 0 Å². The molecule has 1 atom stereocenters. The van der Waals surface area contributed by atoms with Crippen LogP contribution in [0.5, 0.6) is 0 Å². The Morgan fingerprint density at radius 3 is 3.00 bits per heavy atom. The number of ether oxygens (including phenoxy) is 1. The van der Waals surface area contributed by atoms with Crippen LogP contribution in [0.1, 0.15) is 25.7 Å². The summed E-state index contributed by atoms with van der Waals surface area (Å²) in [5.41, 5.74) is 0. The van der Waals surface area contributed by atoms with Crippen LogP contribution in [0.4, 0.5) is 0 Å². The smallest absolute Gasteiger partial charge is 0.309 e. The summed E-state index contributed by atoms with van der Waals surface area (Å²) in [7, 11) is 0. The van der Waals surface area contributed by atoms with Crippen molar-refractivity contribution < 1.29 is 9.53 Å². The first kappa shape index (κ1) is 8.57. The van der Waals surface area contributed by atoms with Gasteiger partial charge in [-0.2, -0.15) is 0 Å². The molecular formula is C9H14O2. The highest BCUT2D eigenvalue weighted by atomic mass is 16.5. The number of carbonyl (C=O) groups excluding carboxylic acids is 1. The van der Waals surface area contributed by atoms with E-state index in [2.05, 4.69) is 13.3 Å². The van der Waals surface area contributed by atoms with Crippen molar-refractivity contribution in [1.82, 2.24) is 0 Å². The van der Waals surface area contributed by atoms with Crippen LogP contribution < -0.4 is 0 Å². The van der Waals surface area contributed by atoms with Crippen LogP contribution in [0.2, 0.25) is 0 Å². The maximum Gasteiger partial charge on any atom is 0.309 e. The van der Waals surface area contributed by atoms with Crippen LogP contribution in [-0.4, -0.2) is 12.6 Å². The molecule has 0 aromatic heterocycles. The summed E-state index contributed by atoms with van der Waals surface area (Å²) in [5, 5.41) is 0. The van der Waals surface area contributed by atoms with Gasteiger partial charge < -0.3 is 4.74 Å².